The van der Waals surface area contributed by atoms with Gasteiger partial charge in [0.1, 0.15) is 5.75 Å². The highest BCUT2D eigenvalue weighted by Crippen LogP contribution is 2.19. The lowest BCUT2D eigenvalue weighted by atomic mass is 9.91. The summed E-state index contributed by atoms with van der Waals surface area (Å²) in [6.45, 7) is 6.23. The molecule has 0 bridgehead atoms. The maximum absolute atomic E-state index is 12.4. The second-order valence-electron chi connectivity index (χ2n) is 7.60. The molecule has 0 aliphatic carbocycles. The van der Waals surface area contributed by atoms with Gasteiger partial charge in [-0.15, -0.1) is 0 Å². The average molecular weight is 393 g/mol. The molecular formula is C20H31N3O5. The van der Waals surface area contributed by atoms with E-state index < -0.39 is 5.91 Å². The van der Waals surface area contributed by atoms with Crippen LogP contribution in [0.4, 0.5) is 5.69 Å². The topological polar surface area (TPSA) is 97.0 Å². The van der Waals surface area contributed by atoms with Crippen LogP contribution in [0.25, 0.3) is 0 Å². The molecule has 1 aromatic carbocycles. The number of nitrogens with zero attached hydrogens (tertiary/aromatic N) is 1. The molecule has 0 spiro atoms. The minimum atomic E-state index is -0.400. The Kier molecular flexibility index (Phi) is 9.44. The fourth-order valence-electron chi connectivity index (χ4n) is 2.35. The van der Waals surface area contributed by atoms with Crippen LogP contribution in [0, 0.1) is 5.41 Å². The maximum Gasteiger partial charge on any atom is 0.243 e. The number of rotatable bonds is 10. The van der Waals surface area contributed by atoms with E-state index in [1.807, 2.05) is 20.8 Å². The van der Waals surface area contributed by atoms with Crippen LogP contribution >= 0.6 is 0 Å². The summed E-state index contributed by atoms with van der Waals surface area (Å²) in [6, 6.07) is 6.86. The number of amides is 3. The average Bonchev–Trinajstić information content (AvgIpc) is 2.62. The first-order valence-electron chi connectivity index (χ1n) is 9.12. The highest BCUT2D eigenvalue weighted by molar-refractivity contribution is 5.95. The van der Waals surface area contributed by atoms with Crippen molar-refractivity contribution in [1.29, 1.82) is 0 Å². The van der Waals surface area contributed by atoms with Crippen molar-refractivity contribution in [2.24, 2.45) is 5.41 Å². The van der Waals surface area contributed by atoms with Crippen LogP contribution < -0.4 is 15.4 Å². The number of hydrogen-bond donors (Lipinski definition) is 2. The molecule has 0 heterocycles. The summed E-state index contributed by atoms with van der Waals surface area (Å²) in [5, 5.41) is 5.22. The molecule has 0 radical (unpaired) electrons. The van der Waals surface area contributed by atoms with Crippen molar-refractivity contribution in [2.45, 2.75) is 27.2 Å². The molecule has 3 amide bonds. The molecule has 0 aromatic heterocycles. The van der Waals surface area contributed by atoms with Crippen LogP contribution in [-0.4, -0.2) is 63.1 Å². The summed E-state index contributed by atoms with van der Waals surface area (Å²) in [5.41, 5.74) is 0.416. The molecule has 2 N–H and O–H groups in total. The number of ether oxygens (including phenoxy) is 2. The van der Waals surface area contributed by atoms with E-state index in [2.05, 4.69) is 10.6 Å². The van der Waals surface area contributed by atoms with E-state index in [-0.39, 0.29) is 30.3 Å². The Morgan fingerprint density at radius 2 is 1.68 bits per heavy atom. The normalized spacial score (nSPS) is 10.9. The van der Waals surface area contributed by atoms with Gasteiger partial charge in [0.15, 0.2) is 0 Å². The summed E-state index contributed by atoms with van der Waals surface area (Å²) in [4.78, 5) is 38.1. The van der Waals surface area contributed by atoms with Gasteiger partial charge in [-0.3, -0.25) is 14.4 Å². The SMILES string of the molecule is COCCN(CC(=O)NCC(=O)Nc1ccc(OC)cc1)C(=O)CC(C)(C)C. The Morgan fingerprint density at radius 1 is 1.04 bits per heavy atom. The summed E-state index contributed by atoms with van der Waals surface area (Å²) in [7, 11) is 3.10. The zero-order valence-corrected chi connectivity index (χ0v) is 17.3. The first kappa shape index (κ1) is 23.4. The van der Waals surface area contributed by atoms with Gasteiger partial charge in [0.2, 0.25) is 17.7 Å². The molecule has 0 aliphatic rings. The Morgan fingerprint density at radius 3 is 2.21 bits per heavy atom. The standard InChI is InChI=1S/C20H31N3O5/c1-20(2,3)12-19(26)23(10-11-27-4)14-18(25)21-13-17(24)22-15-6-8-16(28-5)9-7-15/h6-9H,10-14H2,1-5H3,(H,21,25)(H,22,24). The van der Waals surface area contributed by atoms with Crippen LogP contribution in [0.3, 0.4) is 0 Å². The van der Waals surface area contributed by atoms with E-state index in [9.17, 15) is 14.4 Å². The number of methoxy groups -OCH3 is 2. The number of carbonyl (C=O) groups excluding carboxylic acids is 3. The van der Waals surface area contributed by atoms with Crippen molar-refractivity contribution in [1.82, 2.24) is 10.2 Å². The van der Waals surface area contributed by atoms with Crippen molar-refractivity contribution >= 4 is 23.4 Å². The molecule has 0 aliphatic heterocycles. The minimum Gasteiger partial charge on any atom is -0.497 e. The van der Waals surface area contributed by atoms with Crippen molar-refractivity contribution in [2.75, 3.05) is 45.8 Å². The van der Waals surface area contributed by atoms with Crippen molar-refractivity contribution < 1.29 is 23.9 Å². The van der Waals surface area contributed by atoms with Gasteiger partial charge in [0, 0.05) is 25.8 Å². The third kappa shape index (κ3) is 9.36. The molecule has 1 rings (SSSR count). The van der Waals surface area contributed by atoms with Gasteiger partial charge in [0.25, 0.3) is 0 Å². The summed E-state index contributed by atoms with van der Waals surface area (Å²) in [6.07, 6.45) is 0.321. The molecular weight excluding hydrogens is 362 g/mol. The van der Waals surface area contributed by atoms with Gasteiger partial charge in [-0.25, -0.2) is 0 Å². The smallest absolute Gasteiger partial charge is 0.243 e. The Bertz CT molecular complexity index is 653. The molecule has 156 valence electrons. The van der Waals surface area contributed by atoms with Gasteiger partial charge in [-0.2, -0.15) is 0 Å². The highest BCUT2D eigenvalue weighted by Gasteiger charge is 2.23. The van der Waals surface area contributed by atoms with E-state index >= 15 is 0 Å². The third-order valence-corrected chi connectivity index (χ3v) is 3.75. The molecule has 28 heavy (non-hydrogen) atoms. The summed E-state index contributed by atoms with van der Waals surface area (Å²) < 4.78 is 10.1. The Labute approximate surface area is 166 Å². The van der Waals surface area contributed by atoms with Crippen molar-refractivity contribution in [3.05, 3.63) is 24.3 Å². The van der Waals surface area contributed by atoms with E-state index in [0.717, 1.165) is 0 Å². The van der Waals surface area contributed by atoms with Crippen LogP contribution in [0.5, 0.6) is 5.75 Å². The van der Waals surface area contributed by atoms with Gasteiger partial charge >= 0.3 is 0 Å². The molecule has 8 nitrogen and oxygen atoms in total. The molecule has 1 aromatic rings. The quantitative estimate of drug-likeness (QED) is 0.630. The Balaban J connectivity index is 2.51. The van der Waals surface area contributed by atoms with Crippen LogP contribution in [-0.2, 0) is 19.1 Å². The largest absolute Gasteiger partial charge is 0.497 e. The lowest BCUT2D eigenvalue weighted by molar-refractivity contribution is -0.138. The second kappa shape index (κ2) is 11.3. The van der Waals surface area contributed by atoms with E-state index in [1.165, 1.54) is 12.0 Å². The van der Waals surface area contributed by atoms with E-state index in [4.69, 9.17) is 9.47 Å². The predicted molar refractivity (Wildman–Crippen MR) is 107 cm³/mol. The van der Waals surface area contributed by atoms with Crippen LogP contribution in [0.15, 0.2) is 24.3 Å². The predicted octanol–water partition coefficient (Wildman–Crippen LogP) is 1.66. The van der Waals surface area contributed by atoms with Crippen molar-refractivity contribution in [3.63, 3.8) is 0 Å². The van der Waals surface area contributed by atoms with Crippen LogP contribution in [0.1, 0.15) is 27.2 Å². The molecule has 8 heteroatoms. The summed E-state index contributed by atoms with van der Waals surface area (Å²) >= 11 is 0. The van der Waals surface area contributed by atoms with E-state index in [0.29, 0.717) is 31.0 Å². The van der Waals surface area contributed by atoms with Crippen molar-refractivity contribution in [3.8, 4) is 5.75 Å². The number of anilines is 1. The van der Waals surface area contributed by atoms with Crippen LogP contribution in [0.2, 0.25) is 0 Å². The minimum absolute atomic E-state index is 0.117. The molecule has 0 saturated heterocycles. The number of benzene rings is 1. The number of nitrogens with one attached hydrogen (secondary N) is 2. The monoisotopic (exact) mass is 393 g/mol. The molecule has 0 atom stereocenters. The lowest BCUT2D eigenvalue weighted by Crippen LogP contribution is -2.44. The maximum atomic E-state index is 12.4. The highest BCUT2D eigenvalue weighted by atomic mass is 16.5. The third-order valence-electron chi connectivity index (χ3n) is 3.75. The Hall–Kier alpha value is -2.61. The summed E-state index contributed by atoms with van der Waals surface area (Å²) in [5.74, 6) is -0.198. The zero-order chi connectivity index (χ0) is 21.2. The molecule has 0 unspecified atom stereocenters. The van der Waals surface area contributed by atoms with Gasteiger partial charge in [-0.05, 0) is 29.7 Å². The lowest BCUT2D eigenvalue weighted by Gasteiger charge is -2.26. The van der Waals surface area contributed by atoms with Gasteiger partial charge in [-0.1, -0.05) is 20.8 Å². The van der Waals surface area contributed by atoms with Gasteiger partial charge < -0.3 is 25.0 Å². The first-order valence-corrected chi connectivity index (χ1v) is 9.12. The van der Waals surface area contributed by atoms with Gasteiger partial charge in [0.05, 0.1) is 26.8 Å². The molecule has 0 fully saturated rings. The zero-order valence-electron chi connectivity index (χ0n) is 17.3. The fraction of sp³-hybridized carbons (Fsp3) is 0.550. The second-order valence-corrected chi connectivity index (χ2v) is 7.60. The number of carbonyl (C=O) groups is 3. The first-order chi connectivity index (χ1) is 13.1. The number of hydrogen-bond acceptors (Lipinski definition) is 5. The van der Waals surface area contributed by atoms with E-state index in [1.54, 1.807) is 31.4 Å². The molecule has 0 saturated carbocycles. The fourth-order valence-corrected chi connectivity index (χ4v) is 2.35.